The number of methoxy groups -OCH3 is 1. The maximum absolute atomic E-state index is 12.8. The first-order valence-corrected chi connectivity index (χ1v) is 8.65. The summed E-state index contributed by atoms with van der Waals surface area (Å²) in [5.41, 5.74) is 2.65. The lowest BCUT2D eigenvalue weighted by atomic mass is 9.89. The van der Waals surface area contributed by atoms with Gasteiger partial charge in [0.25, 0.3) is 0 Å². The number of rotatable bonds is 5. The van der Waals surface area contributed by atoms with Crippen LogP contribution in [-0.2, 0) is 15.7 Å². The molecule has 1 saturated carbocycles. The fourth-order valence-corrected chi connectivity index (χ4v) is 3.23. The van der Waals surface area contributed by atoms with Crippen LogP contribution in [0.25, 0.3) is 11.1 Å². The number of carbonyl (C=O) groups is 1. The van der Waals surface area contributed by atoms with Crippen LogP contribution < -0.4 is 0 Å². The number of halogens is 3. The van der Waals surface area contributed by atoms with Crippen molar-refractivity contribution >= 4 is 5.97 Å². The van der Waals surface area contributed by atoms with Gasteiger partial charge in [-0.15, -0.1) is 0 Å². The number of hydrogen-bond acceptors (Lipinski definition) is 2. The van der Waals surface area contributed by atoms with Gasteiger partial charge in [0.05, 0.1) is 18.6 Å². The lowest BCUT2D eigenvalue weighted by molar-refractivity contribution is -0.142. The van der Waals surface area contributed by atoms with E-state index in [1.165, 1.54) is 19.2 Å². The van der Waals surface area contributed by atoms with Crippen molar-refractivity contribution in [3.8, 4) is 11.1 Å². The van der Waals surface area contributed by atoms with Crippen molar-refractivity contribution in [2.24, 2.45) is 5.92 Å². The van der Waals surface area contributed by atoms with Gasteiger partial charge in [-0.2, -0.15) is 13.2 Å². The van der Waals surface area contributed by atoms with Crippen LogP contribution >= 0.6 is 0 Å². The van der Waals surface area contributed by atoms with Gasteiger partial charge in [-0.25, -0.2) is 0 Å². The average Bonchev–Trinajstić information content (AvgIpc) is 3.42. The molecular weight excluding hydrogens is 341 g/mol. The Balaban J connectivity index is 1.94. The van der Waals surface area contributed by atoms with Gasteiger partial charge in [0.2, 0.25) is 0 Å². The van der Waals surface area contributed by atoms with Crippen LogP contribution in [0.2, 0.25) is 0 Å². The topological polar surface area (TPSA) is 26.3 Å². The first-order chi connectivity index (χ1) is 12.3. The van der Waals surface area contributed by atoms with Crippen molar-refractivity contribution in [1.82, 2.24) is 0 Å². The molecule has 1 fully saturated rings. The quantitative estimate of drug-likeness (QED) is 0.634. The maximum Gasteiger partial charge on any atom is 0.416 e. The van der Waals surface area contributed by atoms with Gasteiger partial charge in [0, 0.05) is 0 Å². The van der Waals surface area contributed by atoms with Crippen LogP contribution in [0.15, 0.2) is 42.5 Å². The van der Waals surface area contributed by atoms with Gasteiger partial charge in [0.15, 0.2) is 0 Å². The number of alkyl halides is 3. The summed E-state index contributed by atoms with van der Waals surface area (Å²) in [6.07, 6.45) is -1.34. The van der Waals surface area contributed by atoms with E-state index >= 15 is 0 Å². The molecule has 26 heavy (non-hydrogen) atoms. The molecule has 5 heteroatoms. The highest BCUT2D eigenvalue weighted by Crippen LogP contribution is 2.40. The molecule has 2 aromatic carbocycles. The van der Waals surface area contributed by atoms with E-state index < -0.39 is 11.7 Å². The standard InChI is InChI=1S/C21H21F3O2/c1-13-9-16(15-5-7-18(8-6-15)21(22,23)24)12-17(10-13)19(20(25)26-2)11-14-3-4-14/h5-10,12,14,19H,3-4,11H2,1-2H3. The highest BCUT2D eigenvalue weighted by molar-refractivity contribution is 5.79. The molecule has 2 nitrogen and oxygen atoms in total. The molecule has 0 saturated heterocycles. The average molecular weight is 362 g/mol. The molecule has 0 bridgehead atoms. The molecule has 0 aromatic heterocycles. The van der Waals surface area contributed by atoms with Crippen molar-refractivity contribution < 1.29 is 22.7 Å². The summed E-state index contributed by atoms with van der Waals surface area (Å²) in [4.78, 5) is 12.2. The van der Waals surface area contributed by atoms with E-state index in [-0.39, 0.29) is 11.9 Å². The smallest absolute Gasteiger partial charge is 0.416 e. The minimum Gasteiger partial charge on any atom is -0.469 e. The number of hydrogen-bond donors (Lipinski definition) is 0. The lowest BCUT2D eigenvalue weighted by Crippen LogP contribution is -2.15. The molecule has 0 amide bonds. The fraction of sp³-hybridized carbons (Fsp3) is 0.381. The SMILES string of the molecule is COC(=O)C(CC1CC1)c1cc(C)cc(-c2ccc(C(F)(F)F)cc2)c1. The molecule has 3 rings (SSSR count). The van der Waals surface area contributed by atoms with E-state index in [0.717, 1.165) is 48.1 Å². The molecule has 0 radical (unpaired) electrons. The number of ether oxygens (including phenoxy) is 1. The largest absolute Gasteiger partial charge is 0.469 e. The monoisotopic (exact) mass is 362 g/mol. The second kappa shape index (κ2) is 7.14. The van der Waals surface area contributed by atoms with E-state index in [4.69, 9.17) is 4.74 Å². The Morgan fingerprint density at radius 3 is 2.31 bits per heavy atom. The maximum atomic E-state index is 12.8. The Morgan fingerprint density at radius 2 is 1.77 bits per heavy atom. The predicted octanol–water partition coefficient (Wildman–Crippen LogP) is 5.74. The Kier molecular flexibility index (Phi) is 5.08. The first kappa shape index (κ1) is 18.5. The van der Waals surface area contributed by atoms with Crippen LogP contribution in [0.4, 0.5) is 13.2 Å². The summed E-state index contributed by atoms with van der Waals surface area (Å²) in [6, 6.07) is 10.9. The first-order valence-electron chi connectivity index (χ1n) is 8.65. The molecule has 1 atom stereocenters. The molecule has 1 aliphatic rings. The zero-order valence-corrected chi connectivity index (χ0v) is 14.8. The van der Waals surface area contributed by atoms with E-state index in [0.29, 0.717) is 11.5 Å². The van der Waals surface area contributed by atoms with E-state index in [1.807, 2.05) is 25.1 Å². The Morgan fingerprint density at radius 1 is 1.12 bits per heavy atom. The number of carbonyl (C=O) groups excluding carboxylic acids is 1. The normalized spacial score (nSPS) is 15.6. The molecule has 0 heterocycles. The molecule has 2 aromatic rings. The minimum absolute atomic E-state index is 0.263. The minimum atomic E-state index is -4.35. The highest BCUT2D eigenvalue weighted by atomic mass is 19.4. The van der Waals surface area contributed by atoms with Gasteiger partial charge in [-0.05, 0) is 48.1 Å². The third-order valence-corrected chi connectivity index (χ3v) is 4.80. The molecule has 0 spiro atoms. The summed E-state index contributed by atoms with van der Waals surface area (Å²) >= 11 is 0. The summed E-state index contributed by atoms with van der Waals surface area (Å²) in [5.74, 6) is -0.0457. The lowest BCUT2D eigenvalue weighted by Gasteiger charge is -2.17. The number of esters is 1. The van der Waals surface area contributed by atoms with Crippen molar-refractivity contribution in [1.29, 1.82) is 0 Å². The van der Waals surface area contributed by atoms with Crippen LogP contribution in [0.5, 0.6) is 0 Å². The van der Waals surface area contributed by atoms with Crippen molar-refractivity contribution in [2.45, 2.75) is 38.3 Å². The molecule has 138 valence electrons. The third kappa shape index (κ3) is 4.26. The van der Waals surface area contributed by atoms with E-state index in [1.54, 1.807) is 0 Å². The summed E-state index contributed by atoms with van der Waals surface area (Å²) in [5, 5.41) is 0. The van der Waals surface area contributed by atoms with Gasteiger partial charge < -0.3 is 4.74 Å². The predicted molar refractivity (Wildman–Crippen MR) is 93.7 cm³/mol. The van der Waals surface area contributed by atoms with Crippen molar-refractivity contribution in [3.63, 3.8) is 0 Å². The van der Waals surface area contributed by atoms with Crippen LogP contribution in [0.3, 0.4) is 0 Å². The van der Waals surface area contributed by atoms with E-state index in [9.17, 15) is 18.0 Å². The van der Waals surface area contributed by atoms with E-state index in [2.05, 4.69) is 0 Å². The Bertz CT molecular complexity index is 790. The zero-order chi connectivity index (χ0) is 18.9. The summed E-state index contributed by atoms with van der Waals surface area (Å²) in [7, 11) is 1.38. The van der Waals surface area contributed by atoms with Crippen molar-refractivity contribution in [3.05, 3.63) is 59.2 Å². The third-order valence-electron chi connectivity index (χ3n) is 4.80. The molecule has 0 N–H and O–H groups in total. The molecular formula is C21H21F3O2. The van der Waals surface area contributed by atoms with Gasteiger partial charge >= 0.3 is 12.1 Å². The van der Waals surface area contributed by atoms with Crippen LogP contribution in [0.1, 0.15) is 41.9 Å². The van der Waals surface area contributed by atoms with Crippen LogP contribution in [0, 0.1) is 12.8 Å². The second-order valence-corrected chi connectivity index (χ2v) is 6.96. The fourth-order valence-electron chi connectivity index (χ4n) is 3.23. The van der Waals surface area contributed by atoms with Crippen LogP contribution in [-0.4, -0.2) is 13.1 Å². The number of benzene rings is 2. The Hall–Kier alpha value is -2.30. The molecule has 0 aliphatic heterocycles. The van der Waals surface area contributed by atoms with Gasteiger partial charge in [0.1, 0.15) is 0 Å². The Labute approximate surface area is 151 Å². The second-order valence-electron chi connectivity index (χ2n) is 6.96. The van der Waals surface area contributed by atoms with Gasteiger partial charge in [-0.1, -0.05) is 48.7 Å². The summed E-state index contributed by atoms with van der Waals surface area (Å²) in [6.45, 7) is 1.92. The summed E-state index contributed by atoms with van der Waals surface area (Å²) < 4.78 is 43.2. The van der Waals surface area contributed by atoms with Crippen molar-refractivity contribution in [2.75, 3.05) is 7.11 Å². The molecule has 1 unspecified atom stereocenters. The molecule has 1 aliphatic carbocycles. The highest BCUT2D eigenvalue weighted by Gasteiger charge is 2.32. The zero-order valence-electron chi connectivity index (χ0n) is 14.8. The van der Waals surface area contributed by atoms with Gasteiger partial charge in [-0.3, -0.25) is 4.79 Å². The number of aryl methyl sites for hydroxylation is 1.